The van der Waals surface area contributed by atoms with Gasteiger partial charge in [0, 0.05) is 26.2 Å². The van der Waals surface area contributed by atoms with Crippen LogP contribution in [0, 0.1) is 5.82 Å². The second-order valence-electron chi connectivity index (χ2n) is 6.23. The Morgan fingerprint density at radius 3 is 2.65 bits per heavy atom. The summed E-state index contributed by atoms with van der Waals surface area (Å²) in [6, 6.07) is 14.9. The number of fused-ring (bicyclic) bond motifs is 3. The van der Waals surface area contributed by atoms with E-state index in [-0.39, 0.29) is 17.5 Å². The average molecular weight is 310 g/mol. The van der Waals surface area contributed by atoms with E-state index in [1.165, 1.54) is 17.2 Å². The zero-order valence-corrected chi connectivity index (χ0v) is 12.9. The monoisotopic (exact) mass is 310 g/mol. The molecule has 0 aromatic heterocycles. The molecule has 2 aromatic carbocycles. The Morgan fingerprint density at radius 1 is 1.00 bits per heavy atom. The first-order chi connectivity index (χ1) is 11.2. The molecule has 0 spiro atoms. The van der Waals surface area contributed by atoms with Gasteiger partial charge < -0.3 is 4.90 Å². The minimum Gasteiger partial charge on any atom is -0.335 e. The van der Waals surface area contributed by atoms with E-state index in [9.17, 15) is 9.18 Å². The Kier molecular flexibility index (Phi) is 3.62. The summed E-state index contributed by atoms with van der Waals surface area (Å²) in [6.45, 7) is 3.17. The number of benzene rings is 2. The van der Waals surface area contributed by atoms with Crippen molar-refractivity contribution in [1.82, 2.24) is 9.80 Å². The first kappa shape index (κ1) is 14.4. The van der Waals surface area contributed by atoms with Gasteiger partial charge in [0.25, 0.3) is 5.91 Å². The van der Waals surface area contributed by atoms with Gasteiger partial charge in [0.1, 0.15) is 5.82 Å². The zero-order valence-electron chi connectivity index (χ0n) is 12.9. The number of amides is 1. The molecule has 0 aliphatic carbocycles. The van der Waals surface area contributed by atoms with E-state index >= 15 is 0 Å². The van der Waals surface area contributed by atoms with Crippen LogP contribution >= 0.6 is 0 Å². The Hall–Kier alpha value is -2.20. The fraction of sp³-hybridized carbons (Fsp3) is 0.316. The van der Waals surface area contributed by atoms with Crippen LogP contribution in [0.3, 0.4) is 0 Å². The predicted octanol–water partition coefficient (Wildman–Crippen LogP) is 2.88. The van der Waals surface area contributed by atoms with Gasteiger partial charge in [-0.25, -0.2) is 4.39 Å². The van der Waals surface area contributed by atoms with Gasteiger partial charge in [-0.15, -0.1) is 0 Å². The number of hydrogen-bond acceptors (Lipinski definition) is 2. The molecule has 1 fully saturated rings. The van der Waals surface area contributed by atoms with E-state index in [0.29, 0.717) is 13.1 Å². The van der Waals surface area contributed by atoms with Gasteiger partial charge >= 0.3 is 0 Å². The molecule has 2 aliphatic heterocycles. The molecule has 0 saturated carbocycles. The van der Waals surface area contributed by atoms with E-state index in [2.05, 4.69) is 29.2 Å². The summed E-state index contributed by atoms with van der Waals surface area (Å²) in [4.78, 5) is 16.9. The van der Waals surface area contributed by atoms with E-state index in [1.54, 1.807) is 23.1 Å². The van der Waals surface area contributed by atoms with Crippen LogP contribution in [0.2, 0.25) is 0 Å². The molecule has 118 valence electrons. The number of carbonyl (C=O) groups excluding carboxylic acids is 1. The predicted molar refractivity (Wildman–Crippen MR) is 86.8 cm³/mol. The topological polar surface area (TPSA) is 23.6 Å². The highest BCUT2D eigenvalue weighted by Crippen LogP contribution is 2.32. The highest BCUT2D eigenvalue weighted by atomic mass is 19.1. The Balaban J connectivity index is 1.61. The lowest BCUT2D eigenvalue weighted by molar-refractivity contribution is 0.0450. The standard InChI is InChI=1S/C19H19FN2O/c20-17-8-4-3-7-16(17)19(23)22-12-11-21-10-9-14-5-1-2-6-15(14)18(21)13-22/h1-8,18H,9-13H2. The summed E-state index contributed by atoms with van der Waals surface area (Å²) in [6.07, 6.45) is 1.06. The first-order valence-electron chi connectivity index (χ1n) is 8.10. The molecule has 3 nitrogen and oxygen atoms in total. The lowest BCUT2D eigenvalue weighted by Crippen LogP contribution is -2.52. The van der Waals surface area contributed by atoms with Gasteiger partial charge in [-0.05, 0) is 29.7 Å². The van der Waals surface area contributed by atoms with Crippen molar-refractivity contribution < 1.29 is 9.18 Å². The van der Waals surface area contributed by atoms with Gasteiger partial charge in [0.05, 0.1) is 11.6 Å². The molecule has 1 atom stereocenters. The van der Waals surface area contributed by atoms with Crippen molar-refractivity contribution in [3.63, 3.8) is 0 Å². The maximum atomic E-state index is 13.9. The third-order valence-corrected chi connectivity index (χ3v) is 4.97. The fourth-order valence-electron chi connectivity index (χ4n) is 3.72. The summed E-state index contributed by atoms with van der Waals surface area (Å²) in [5.74, 6) is -0.644. The summed E-state index contributed by atoms with van der Waals surface area (Å²) in [7, 11) is 0. The second-order valence-corrected chi connectivity index (χ2v) is 6.23. The SMILES string of the molecule is O=C(c1ccccc1F)N1CCN2CCc3ccccc3C2C1. The van der Waals surface area contributed by atoms with Crippen LogP contribution in [0.25, 0.3) is 0 Å². The van der Waals surface area contributed by atoms with Crippen LogP contribution in [-0.2, 0) is 6.42 Å². The van der Waals surface area contributed by atoms with Crippen LogP contribution in [0.5, 0.6) is 0 Å². The Labute approximate surface area is 135 Å². The van der Waals surface area contributed by atoms with Crippen molar-refractivity contribution >= 4 is 5.91 Å². The maximum Gasteiger partial charge on any atom is 0.256 e. The van der Waals surface area contributed by atoms with Gasteiger partial charge in [-0.1, -0.05) is 36.4 Å². The average Bonchev–Trinajstić information content (AvgIpc) is 2.61. The van der Waals surface area contributed by atoms with E-state index in [0.717, 1.165) is 19.5 Å². The van der Waals surface area contributed by atoms with Gasteiger partial charge in [-0.3, -0.25) is 9.69 Å². The molecule has 1 saturated heterocycles. The van der Waals surface area contributed by atoms with Crippen molar-refractivity contribution in [3.05, 3.63) is 71.0 Å². The summed E-state index contributed by atoms with van der Waals surface area (Å²) >= 11 is 0. The van der Waals surface area contributed by atoms with Crippen molar-refractivity contribution in [3.8, 4) is 0 Å². The highest BCUT2D eigenvalue weighted by Gasteiger charge is 2.34. The minimum atomic E-state index is -0.441. The van der Waals surface area contributed by atoms with Crippen molar-refractivity contribution in [2.24, 2.45) is 0 Å². The van der Waals surface area contributed by atoms with Crippen LogP contribution in [0.4, 0.5) is 4.39 Å². The van der Waals surface area contributed by atoms with Crippen molar-refractivity contribution in [1.29, 1.82) is 0 Å². The van der Waals surface area contributed by atoms with E-state index < -0.39 is 5.82 Å². The van der Waals surface area contributed by atoms with Gasteiger partial charge in [-0.2, -0.15) is 0 Å². The molecular weight excluding hydrogens is 291 g/mol. The third-order valence-electron chi connectivity index (χ3n) is 4.97. The van der Waals surface area contributed by atoms with E-state index in [4.69, 9.17) is 0 Å². The van der Waals surface area contributed by atoms with E-state index in [1.807, 2.05) is 0 Å². The smallest absolute Gasteiger partial charge is 0.256 e. The quantitative estimate of drug-likeness (QED) is 0.808. The molecule has 0 N–H and O–H groups in total. The molecule has 4 rings (SSSR count). The lowest BCUT2D eigenvalue weighted by Gasteiger charge is -2.44. The summed E-state index contributed by atoms with van der Waals surface area (Å²) in [5.41, 5.74) is 2.85. The number of rotatable bonds is 1. The van der Waals surface area contributed by atoms with Gasteiger partial charge in [0.15, 0.2) is 0 Å². The molecule has 23 heavy (non-hydrogen) atoms. The fourth-order valence-corrected chi connectivity index (χ4v) is 3.72. The molecular formula is C19H19FN2O. The van der Waals surface area contributed by atoms with Gasteiger partial charge in [0.2, 0.25) is 0 Å². The third kappa shape index (κ3) is 2.53. The maximum absolute atomic E-state index is 13.9. The Morgan fingerprint density at radius 2 is 1.78 bits per heavy atom. The zero-order chi connectivity index (χ0) is 15.8. The molecule has 1 unspecified atom stereocenters. The molecule has 2 aliphatic rings. The number of carbonyl (C=O) groups is 1. The molecule has 0 bridgehead atoms. The highest BCUT2D eigenvalue weighted by molar-refractivity contribution is 5.94. The molecule has 2 aromatic rings. The number of nitrogens with zero attached hydrogens (tertiary/aromatic N) is 2. The van der Waals surface area contributed by atoms with Crippen LogP contribution < -0.4 is 0 Å². The van der Waals surface area contributed by atoms with Crippen LogP contribution in [0.1, 0.15) is 27.5 Å². The number of hydrogen-bond donors (Lipinski definition) is 0. The minimum absolute atomic E-state index is 0.171. The van der Waals surface area contributed by atoms with Crippen molar-refractivity contribution in [2.75, 3.05) is 26.2 Å². The lowest BCUT2D eigenvalue weighted by atomic mass is 9.91. The van der Waals surface area contributed by atoms with Crippen LogP contribution in [0.15, 0.2) is 48.5 Å². The number of halogens is 1. The molecule has 1 amide bonds. The number of piperazine rings is 1. The Bertz CT molecular complexity index is 746. The molecule has 4 heteroatoms. The largest absolute Gasteiger partial charge is 0.335 e. The van der Waals surface area contributed by atoms with Crippen molar-refractivity contribution in [2.45, 2.75) is 12.5 Å². The summed E-state index contributed by atoms with van der Waals surface area (Å²) < 4.78 is 13.9. The molecule has 2 heterocycles. The van der Waals surface area contributed by atoms with Crippen LogP contribution in [-0.4, -0.2) is 41.9 Å². The first-order valence-corrected chi connectivity index (χ1v) is 8.10. The summed E-state index contributed by atoms with van der Waals surface area (Å²) in [5, 5.41) is 0. The molecule has 0 radical (unpaired) electrons. The second kappa shape index (κ2) is 5.78. The normalized spacial score (nSPS) is 20.7.